The maximum Gasteiger partial charge on any atom is 0.354 e. The van der Waals surface area contributed by atoms with Crippen LogP contribution in [-0.4, -0.2) is 35.3 Å². The molecule has 0 aliphatic carbocycles. The zero-order valence-corrected chi connectivity index (χ0v) is 11.2. The summed E-state index contributed by atoms with van der Waals surface area (Å²) in [6.45, 7) is 4.96. The number of rotatable bonds is 7. The summed E-state index contributed by atoms with van der Waals surface area (Å²) in [4.78, 5) is 14.2. The number of hydrogen-bond acceptors (Lipinski definition) is 4. The van der Waals surface area contributed by atoms with Gasteiger partial charge in [0.05, 0.1) is 12.7 Å². The van der Waals surface area contributed by atoms with Gasteiger partial charge in [0.25, 0.3) is 0 Å². The Labute approximate surface area is 108 Å². The van der Waals surface area contributed by atoms with Crippen LogP contribution in [0.25, 0.3) is 0 Å². The number of ether oxygens (including phenoxy) is 1. The first kappa shape index (κ1) is 14.7. The average Bonchev–Trinajstić information content (AvgIpc) is 2.76. The highest BCUT2D eigenvalue weighted by atomic mass is 16.5. The first-order chi connectivity index (χ1) is 8.48. The molecule has 5 nitrogen and oxygen atoms in total. The first-order valence-corrected chi connectivity index (χ1v) is 6.18. The van der Waals surface area contributed by atoms with Crippen LogP contribution in [0.5, 0.6) is 0 Å². The Morgan fingerprint density at radius 2 is 2.28 bits per heavy atom. The molecule has 0 amide bonds. The van der Waals surface area contributed by atoms with Crippen molar-refractivity contribution >= 4 is 5.97 Å². The SMILES string of the molecule is CCCC(C)(O)CNCc1ccc(C(=O)OC)[nH]1. The summed E-state index contributed by atoms with van der Waals surface area (Å²) in [5.41, 5.74) is 0.643. The van der Waals surface area contributed by atoms with Gasteiger partial charge < -0.3 is 20.1 Å². The summed E-state index contributed by atoms with van der Waals surface area (Å²) in [5.74, 6) is -0.376. The Kier molecular flexibility index (Phi) is 5.37. The topological polar surface area (TPSA) is 74.3 Å². The monoisotopic (exact) mass is 254 g/mol. The molecule has 0 aliphatic rings. The Hall–Kier alpha value is -1.33. The highest BCUT2D eigenvalue weighted by molar-refractivity contribution is 5.87. The van der Waals surface area contributed by atoms with Crippen molar-refractivity contribution in [2.45, 2.75) is 38.8 Å². The summed E-state index contributed by atoms with van der Waals surface area (Å²) in [5, 5.41) is 13.1. The number of carbonyl (C=O) groups excluding carboxylic acids is 1. The van der Waals surface area contributed by atoms with Crippen LogP contribution in [0.3, 0.4) is 0 Å². The molecule has 1 rings (SSSR count). The molecule has 18 heavy (non-hydrogen) atoms. The number of esters is 1. The van der Waals surface area contributed by atoms with E-state index in [1.54, 1.807) is 6.07 Å². The number of aliphatic hydroxyl groups is 1. The average molecular weight is 254 g/mol. The molecule has 1 aromatic rings. The predicted octanol–water partition coefficient (Wildman–Crippen LogP) is 1.44. The summed E-state index contributed by atoms with van der Waals surface area (Å²) in [6, 6.07) is 3.51. The van der Waals surface area contributed by atoms with E-state index in [0.717, 1.165) is 18.5 Å². The van der Waals surface area contributed by atoms with E-state index in [1.165, 1.54) is 7.11 Å². The lowest BCUT2D eigenvalue weighted by atomic mass is 10.0. The lowest BCUT2D eigenvalue weighted by Gasteiger charge is -2.22. The smallest absolute Gasteiger partial charge is 0.354 e. The zero-order chi connectivity index (χ0) is 13.6. The fraction of sp³-hybridized carbons (Fsp3) is 0.615. The molecule has 3 N–H and O–H groups in total. The van der Waals surface area contributed by atoms with Crippen LogP contribution in [0.15, 0.2) is 12.1 Å². The standard InChI is InChI=1S/C13H22N2O3/c1-4-7-13(2,17)9-14-8-10-5-6-11(15-10)12(16)18-3/h5-6,14-15,17H,4,7-9H2,1-3H3. The van der Waals surface area contributed by atoms with Crippen molar-refractivity contribution in [1.29, 1.82) is 0 Å². The molecule has 0 radical (unpaired) electrons. The van der Waals surface area contributed by atoms with E-state index in [2.05, 4.69) is 15.0 Å². The van der Waals surface area contributed by atoms with Crippen molar-refractivity contribution in [2.75, 3.05) is 13.7 Å². The third-order valence-corrected chi connectivity index (χ3v) is 2.76. The number of aromatic amines is 1. The minimum Gasteiger partial charge on any atom is -0.464 e. The van der Waals surface area contributed by atoms with Crippen LogP contribution in [-0.2, 0) is 11.3 Å². The Balaban J connectivity index is 2.40. The van der Waals surface area contributed by atoms with Gasteiger partial charge in [0, 0.05) is 18.8 Å². The zero-order valence-electron chi connectivity index (χ0n) is 11.2. The van der Waals surface area contributed by atoms with Gasteiger partial charge >= 0.3 is 5.97 Å². The van der Waals surface area contributed by atoms with Gasteiger partial charge in [0.15, 0.2) is 0 Å². The van der Waals surface area contributed by atoms with E-state index >= 15 is 0 Å². The second-order valence-corrected chi connectivity index (χ2v) is 4.74. The molecule has 102 valence electrons. The van der Waals surface area contributed by atoms with Crippen molar-refractivity contribution in [3.63, 3.8) is 0 Å². The van der Waals surface area contributed by atoms with Gasteiger partial charge in [0.2, 0.25) is 0 Å². The third kappa shape index (κ3) is 4.50. The Morgan fingerprint density at radius 3 is 2.89 bits per heavy atom. The highest BCUT2D eigenvalue weighted by Crippen LogP contribution is 2.10. The Bertz CT molecular complexity index is 385. The maximum atomic E-state index is 11.2. The number of aromatic nitrogens is 1. The molecular weight excluding hydrogens is 232 g/mol. The second kappa shape index (κ2) is 6.56. The van der Waals surface area contributed by atoms with Gasteiger partial charge in [-0.25, -0.2) is 4.79 Å². The van der Waals surface area contributed by atoms with E-state index in [4.69, 9.17) is 0 Å². The fourth-order valence-corrected chi connectivity index (χ4v) is 1.87. The molecule has 0 saturated carbocycles. The summed E-state index contributed by atoms with van der Waals surface area (Å²) >= 11 is 0. The molecule has 5 heteroatoms. The predicted molar refractivity (Wildman–Crippen MR) is 69.4 cm³/mol. The molecule has 1 atom stereocenters. The molecule has 1 unspecified atom stereocenters. The van der Waals surface area contributed by atoms with Crippen molar-refractivity contribution in [2.24, 2.45) is 0 Å². The molecule has 0 spiro atoms. The first-order valence-electron chi connectivity index (χ1n) is 6.18. The van der Waals surface area contributed by atoms with Gasteiger partial charge in [-0.05, 0) is 25.5 Å². The van der Waals surface area contributed by atoms with Crippen LogP contribution in [0.2, 0.25) is 0 Å². The molecule has 0 aliphatic heterocycles. The normalized spacial score (nSPS) is 14.2. The molecule has 0 saturated heterocycles. The van der Waals surface area contributed by atoms with E-state index < -0.39 is 5.60 Å². The number of H-pyrrole nitrogens is 1. The molecule has 0 fully saturated rings. The minimum absolute atomic E-state index is 0.376. The van der Waals surface area contributed by atoms with Crippen molar-refractivity contribution in [1.82, 2.24) is 10.3 Å². The molecule has 1 aromatic heterocycles. The number of hydrogen-bond donors (Lipinski definition) is 3. The summed E-state index contributed by atoms with van der Waals surface area (Å²) in [7, 11) is 1.35. The fourth-order valence-electron chi connectivity index (χ4n) is 1.87. The summed E-state index contributed by atoms with van der Waals surface area (Å²) < 4.78 is 4.61. The molecule has 0 bridgehead atoms. The van der Waals surface area contributed by atoms with Gasteiger partial charge in [-0.2, -0.15) is 0 Å². The molecule has 0 aromatic carbocycles. The van der Waals surface area contributed by atoms with E-state index in [9.17, 15) is 9.90 Å². The van der Waals surface area contributed by atoms with Gasteiger partial charge in [-0.1, -0.05) is 13.3 Å². The molecule has 1 heterocycles. The van der Waals surface area contributed by atoms with E-state index in [0.29, 0.717) is 18.8 Å². The van der Waals surface area contributed by atoms with Crippen molar-refractivity contribution in [3.8, 4) is 0 Å². The summed E-state index contributed by atoms with van der Waals surface area (Å²) in [6.07, 6.45) is 1.71. The van der Waals surface area contributed by atoms with Crippen molar-refractivity contribution < 1.29 is 14.6 Å². The maximum absolute atomic E-state index is 11.2. The number of carbonyl (C=O) groups is 1. The second-order valence-electron chi connectivity index (χ2n) is 4.74. The van der Waals surface area contributed by atoms with Crippen molar-refractivity contribution in [3.05, 3.63) is 23.5 Å². The van der Waals surface area contributed by atoms with E-state index in [1.807, 2.05) is 19.9 Å². The van der Waals surface area contributed by atoms with Crippen LogP contribution in [0.1, 0.15) is 42.9 Å². The lowest BCUT2D eigenvalue weighted by molar-refractivity contribution is 0.0496. The van der Waals surface area contributed by atoms with Crippen LogP contribution >= 0.6 is 0 Å². The van der Waals surface area contributed by atoms with Crippen LogP contribution < -0.4 is 5.32 Å². The minimum atomic E-state index is -0.688. The quantitative estimate of drug-likeness (QED) is 0.644. The van der Waals surface area contributed by atoms with Gasteiger partial charge in [0.1, 0.15) is 5.69 Å². The third-order valence-electron chi connectivity index (χ3n) is 2.76. The number of methoxy groups -OCH3 is 1. The van der Waals surface area contributed by atoms with E-state index in [-0.39, 0.29) is 5.97 Å². The molecular formula is C13H22N2O3. The van der Waals surface area contributed by atoms with Crippen LogP contribution in [0, 0.1) is 0 Å². The highest BCUT2D eigenvalue weighted by Gasteiger charge is 2.18. The van der Waals surface area contributed by atoms with Crippen LogP contribution in [0.4, 0.5) is 0 Å². The van der Waals surface area contributed by atoms with Gasteiger partial charge in [-0.15, -0.1) is 0 Å². The Morgan fingerprint density at radius 1 is 1.56 bits per heavy atom. The van der Waals surface area contributed by atoms with Gasteiger partial charge in [-0.3, -0.25) is 0 Å². The largest absolute Gasteiger partial charge is 0.464 e. The number of nitrogens with one attached hydrogen (secondary N) is 2. The lowest BCUT2D eigenvalue weighted by Crippen LogP contribution is -2.37.